The maximum atomic E-state index is 12.6. The van der Waals surface area contributed by atoms with Crippen molar-refractivity contribution in [3.05, 3.63) is 29.8 Å². The molecule has 0 atom stereocenters. The van der Waals surface area contributed by atoms with Crippen LogP contribution in [0.1, 0.15) is 48.9 Å². The van der Waals surface area contributed by atoms with Crippen LogP contribution in [0.4, 0.5) is 10.5 Å². The van der Waals surface area contributed by atoms with Crippen LogP contribution in [0.2, 0.25) is 0 Å². The van der Waals surface area contributed by atoms with Gasteiger partial charge in [-0.05, 0) is 49.9 Å². The number of carbonyl (C=O) groups is 3. The molecule has 0 saturated carbocycles. The van der Waals surface area contributed by atoms with Crippen molar-refractivity contribution < 1.29 is 19.5 Å². The van der Waals surface area contributed by atoms with E-state index in [1.807, 2.05) is 4.90 Å². The second-order valence-corrected chi connectivity index (χ2v) is 7.31. The Labute approximate surface area is 159 Å². The number of nitrogens with zero attached hydrogens (tertiary/aromatic N) is 2. The highest BCUT2D eigenvalue weighted by atomic mass is 16.4. The van der Waals surface area contributed by atoms with Gasteiger partial charge in [0, 0.05) is 37.4 Å². The van der Waals surface area contributed by atoms with Crippen LogP contribution in [0.25, 0.3) is 0 Å². The van der Waals surface area contributed by atoms with E-state index in [0.29, 0.717) is 37.2 Å². The van der Waals surface area contributed by atoms with Crippen molar-refractivity contribution in [1.82, 2.24) is 9.80 Å². The number of likely N-dealkylation sites (tertiary alicyclic amines) is 2. The molecular formula is C20H27N3O4. The van der Waals surface area contributed by atoms with Gasteiger partial charge in [-0.2, -0.15) is 0 Å². The van der Waals surface area contributed by atoms with Crippen LogP contribution in [0.15, 0.2) is 24.3 Å². The number of urea groups is 1. The molecule has 7 heteroatoms. The van der Waals surface area contributed by atoms with Crippen LogP contribution >= 0.6 is 0 Å². The molecule has 2 aliphatic rings. The Bertz CT molecular complexity index is 673. The Hall–Kier alpha value is -2.57. The lowest BCUT2D eigenvalue weighted by Gasteiger charge is -2.30. The summed E-state index contributed by atoms with van der Waals surface area (Å²) < 4.78 is 0. The van der Waals surface area contributed by atoms with Crippen LogP contribution < -0.4 is 5.32 Å². The molecule has 1 aromatic rings. The molecule has 7 nitrogen and oxygen atoms in total. The summed E-state index contributed by atoms with van der Waals surface area (Å²) in [5.41, 5.74) is 1.27. The normalized spacial score (nSPS) is 18.7. The second kappa shape index (κ2) is 8.88. The smallest absolute Gasteiger partial charge is 0.321 e. The predicted octanol–water partition coefficient (Wildman–Crippen LogP) is 3.03. The zero-order chi connectivity index (χ0) is 19.2. The van der Waals surface area contributed by atoms with Crippen molar-refractivity contribution in [2.45, 2.75) is 38.5 Å². The quantitative estimate of drug-likeness (QED) is 0.852. The lowest BCUT2D eigenvalue weighted by Crippen LogP contribution is -2.42. The lowest BCUT2D eigenvalue weighted by atomic mass is 9.97. The molecule has 1 aromatic carbocycles. The summed E-state index contributed by atoms with van der Waals surface area (Å²) in [6.45, 7) is 2.50. The number of hydrogen-bond donors (Lipinski definition) is 2. The first-order valence-corrected chi connectivity index (χ1v) is 9.72. The van der Waals surface area contributed by atoms with E-state index in [9.17, 15) is 14.4 Å². The lowest BCUT2D eigenvalue weighted by molar-refractivity contribution is -0.143. The standard InChI is InChI=1S/C20H27N3O4/c24-18(22-11-3-1-2-4-12-22)15-5-7-17(8-6-15)21-20(27)23-13-9-16(10-14-23)19(25)26/h5-8,16H,1-4,9-14H2,(H,21,27)(H,25,26). The second-order valence-electron chi connectivity index (χ2n) is 7.31. The molecule has 0 bridgehead atoms. The van der Waals surface area contributed by atoms with Gasteiger partial charge in [0.05, 0.1) is 5.92 Å². The summed E-state index contributed by atoms with van der Waals surface area (Å²) >= 11 is 0. The Morgan fingerprint density at radius 1 is 0.852 bits per heavy atom. The highest BCUT2D eigenvalue weighted by molar-refractivity contribution is 5.95. The third kappa shape index (κ3) is 4.99. The fourth-order valence-corrected chi connectivity index (χ4v) is 3.68. The average molecular weight is 373 g/mol. The van der Waals surface area contributed by atoms with Crippen LogP contribution in [0.3, 0.4) is 0 Å². The van der Waals surface area contributed by atoms with Gasteiger partial charge in [0.2, 0.25) is 0 Å². The highest BCUT2D eigenvalue weighted by Crippen LogP contribution is 2.19. The predicted molar refractivity (Wildman–Crippen MR) is 102 cm³/mol. The van der Waals surface area contributed by atoms with Gasteiger partial charge in [-0.25, -0.2) is 4.79 Å². The van der Waals surface area contributed by atoms with Gasteiger partial charge in [-0.15, -0.1) is 0 Å². The fourth-order valence-electron chi connectivity index (χ4n) is 3.68. The number of piperidine rings is 1. The molecule has 2 aliphatic heterocycles. The molecule has 27 heavy (non-hydrogen) atoms. The summed E-state index contributed by atoms with van der Waals surface area (Å²) in [4.78, 5) is 39.5. The van der Waals surface area contributed by atoms with Gasteiger partial charge >= 0.3 is 12.0 Å². The number of carboxylic acids is 1. The van der Waals surface area contributed by atoms with Crippen LogP contribution in [-0.2, 0) is 4.79 Å². The topological polar surface area (TPSA) is 90.0 Å². The van der Waals surface area contributed by atoms with Gasteiger partial charge in [-0.3, -0.25) is 9.59 Å². The first-order chi connectivity index (χ1) is 13.0. The van der Waals surface area contributed by atoms with Gasteiger partial charge in [0.25, 0.3) is 5.91 Å². The molecule has 0 unspecified atom stereocenters. The van der Waals surface area contributed by atoms with Crippen molar-refractivity contribution in [1.29, 1.82) is 0 Å². The fraction of sp³-hybridized carbons (Fsp3) is 0.550. The summed E-state index contributed by atoms with van der Waals surface area (Å²) in [5.74, 6) is -1.11. The number of carbonyl (C=O) groups excluding carboxylic acids is 2. The van der Waals surface area contributed by atoms with Crippen molar-refractivity contribution >= 4 is 23.6 Å². The third-order valence-electron chi connectivity index (χ3n) is 5.41. The minimum absolute atomic E-state index is 0.0468. The number of aliphatic carboxylic acids is 1. The Balaban J connectivity index is 1.53. The van der Waals surface area contributed by atoms with E-state index in [2.05, 4.69) is 5.32 Å². The molecule has 3 rings (SSSR count). The van der Waals surface area contributed by atoms with E-state index in [0.717, 1.165) is 25.9 Å². The molecule has 2 saturated heterocycles. The monoisotopic (exact) mass is 373 g/mol. The van der Waals surface area contributed by atoms with E-state index in [-0.39, 0.29) is 17.9 Å². The highest BCUT2D eigenvalue weighted by Gasteiger charge is 2.27. The number of anilines is 1. The summed E-state index contributed by atoms with van der Waals surface area (Å²) in [6.07, 6.45) is 5.42. The molecule has 2 N–H and O–H groups in total. The molecule has 3 amide bonds. The average Bonchev–Trinajstić information content (AvgIpc) is 2.97. The third-order valence-corrected chi connectivity index (χ3v) is 5.41. The van der Waals surface area contributed by atoms with Crippen molar-refractivity contribution in [3.63, 3.8) is 0 Å². The Kier molecular flexibility index (Phi) is 6.32. The van der Waals surface area contributed by atoms with E-state index in [1.54, 1.807) is 29.2 Å². The molecule has 0 aliphatic carbocycles. The number of benzene rings is 1. The molecule has 2 heterocycles. The van der Waals surface area contributed by atoms with Crippen LogP contribution in [0, 0.1) is 5.92 Å². The van der Waals surface area contributed by atoms with Gasteiger partial charge in [0.1, 0.15) is 0 Å². The molecule has 146 valence electrons. The van der Waals surface area contributed by atoms with Gasteiger partial charge in [-0.1, -0.05) is 12.8 Å². The summed E-state index contributed by atoms with van der Waals surface area (Å²) in [6, 6.07) is 6.75. The maximum Gasteiger partial charge on any atom is 0.321 e. The zero-order valence-corrected chi connectivity index (χ0v) is 15.5. The largest absolute Gasteiger partial charge is 0.481 e. The number of rotatable bonds is 3. The van der Waals surface area contributed by atoms with E-state index in [4.69, 9.17) is 5.11 Å². The minimum atomic E-state index is -0.792. The van der Waals surface area contributed by atoms with Crippen molar-refractivity contribution in [2.24, 2.45) is 5.92 Å². The molecule has 2 fully saturated rings. The Morgan fingerprint density at radius 3 is 2.00 bits per heavy atom. The minimum Gasteiger partial charge on any atom is -0.481 e. The van der Waals surface area contributed by atoms with E-state index < -0.39 is 5.97 Å². The van der Waals surface area contributed by atoms with Gasteiger partial charge in [0.15, 0.2) is 0 Å². The number of nitrogens with one attached hydrogen (secondary N) is 1. The molecule has 0 aromatic heterocycles. The van der Waals surface area contributed by atoms with Crippen LogP contribution in [-0.4, -0.2) is 59.0 Å². The molecular weight excluding hydrogens is 346 g/mol. The van der Waals surface area contributed by atoms with E-state index >= 15 is 0 Å². The van der Waals surface area contributed by atoms with Crippen molar-refractivity contribution in [2.75, 3.05) is 31.5 Å². The number of amides is 3. The van der Waals surface area contributed by atoms with Crippen LogP contribution in [0.5, 0.6) is 0 Å². The zero-order valence-electron chi connectivity index (χ0n) is 15.5. The van der Waals surface area contributed by atoms with E-state index in [1.165, 1.54) is 12.8 Å². The number of hydrogen-bond acceptors (Lipinski definition) is 3. The summed E-state index contributed by atoms with van der Waals surface area (Å²) in [7, 11) is 0. The molecule has 0 spiro atoms. The first-order valence-electron chi connectivity index (χ1n) is 9.72. The SMILES string of the molecule is O=C(O)C1CCN(C(=O)Nc2ccc(C(=O)N3CCCCCC3)cc2)CC1. The number of carboxylic acid groups (broad SMARTS) is 1. The maximum absolute atomic E-state index is 12.6. The Morgan fingerprint density at radius 2 is 1.44 bits per heavy atom. The van der Waals surface area contributed by atoms with Crippen molar-refractivity contribution in [3.8, 4) is 0 Å². The first kappa shape index (κ1) is 19.2. The molecule has 0 radical (unpaired) electrons. The summed E-state index contributed by atoms with van der Waals surface area (Å²) in [5, 5.41) is 11.9. The van der Waals surface area contributed by atoms with Gasteiger partial charge < -0.3 is 20.2 Å².